The zero-order valence-electron chi connectivity index (χ0n) is 5.28. The van der Waals surface area contributed by atoms with Crippen LogP contribution in [0.4, 0.5) is 4.39 Å². The highest BCUT2D eigenvalue weighted by atomic mass is 32.2. The van der Waals surface area contributed by atoms with E-state index in [0.29, 0.717) is 0 Å². The maximum Gasteiger partial charge on any atom is 0.297 e. The standard InChI is InChI=1S/C6H4FO3S/c7-5-3-1-2-4-6(5)11(8,9)10/h1,3-4H,(H,8,9,10). The van der Waals surface area contributed by atoms with Crippen molar-refractivity contribution in [3.8, 4) is 0 Å². The number of hydrogen-bond acceptors (Lipinski definition) is 2. The Balaban J connectivity index is 3.37. The SMILES string of the molecule is O=S(=O)(O)c1c[c]ccc1F. The average molecular weight is 175 g/mol. The normalized spacial score (nSPS) is 11.5. The quantitative estimate of drug-likeness (QED) is 0.644. The summed E-state index contributed by atoms with van der Waals surface area (Å²) in [6.45, 7) is 0. The van der Waals surface area contributed by atoms with Crippen LogP contribution in [0.1, 0.15) is 0 Å². The van der Waals surface area contributed by atoms with E-state index in [0.717, 1.165) is 12.1 Å². The summed E-state index contributed by atoms with van der Waals surface area (Å²) >= 11 is 0. The molecule has 1 rings (SSSR count). The van der Waals surface area contributed by atoms with Crippen LogP contribution in [0.2, 0.25) is 0 Å². The first-order valence-corrected chi connectivity index (χ1v) is 4.09. The molecule has 0 amide bonds. The van der Waals surface area contributed by atoms with Crippen LogP contribution in [0.25, 0.3) is 0 Å². The fraction of sp³-hybridized carbons (Fsp3) is 0. The first-order valence-electron chi connectivity index (χ1n) is 2.65. The second kappa shape index (κ2) is 2.60. The van der Waals surface area contributed by atoms with Gasteiger partial charge in [-0.05, 0) is 18.2 Å². The van der Waals surface area contributed by atoms with Crippen molar-refractivity contribution in [1.29, 1.82) is 0 Å². The maximum absolute atomic E-state index is 12.5. The summed E-state index contributed by atoms with van der Waals surface area (Å²) < 4.78 is 41.6. The van der Waals surface area contributed by atoms with Crippen LogP contribution in [0.3, 0.4) is 0 Å². The van der Waals surface area contributed by atoms with Crippen molar-refractivity contribution in [2.75, 3.05) is 0 Å². The van der Waals surface area contributed by atoms with Gasteiger partial charge in [-0.15, -0.1) is 0 Å². The number of halogens is 1. The predicted octanol–water partition coefficient (Wildman–Crippen LogP) is 0.873. The second-order valence-electron chi connectivity index (χ2n) is 1.83. The molecule has 0 spiro atoms. The van der Waals surface area contributed by atoms with Gasteiger partial charge in [0.2, 0.25) is 0 Å². The minimum Gasteiger partial charge on any atom is -0.282 e. The van der Waals surface area contributed by atoms with Crippen molar-refractivity contribution in [3.05, 3.63) is 30.1 Å². The number of rotatable bonds is 1. The molecule has 11 heavy (non-hydrogen) atoms. The highest BCUT2D eigenvalue weighted by molar-refractivity contribution is 7.85. The molecule has 0 aliphatic rings. The Hall–Kier alpha value is -0.940. The lowest BCUT2D eigenvalue weighted by Gasteiger charge is -1.95. The van der Waals surface area contributed by atoms with Gasteiger partial charge in [0.15, 0.2) is 0 Å². The lowest BCUT2D eigenvalue weighted by atomic mass is 10.4. The predicted molar refractivity (Wildman–Crippen MR) is 35.1 cm³/mol. The summed E-state index contributed by atoms with van der Waals surface area (Å²) in [5.41, 5.74) is 0. The van der Waals surface area contributed by atoms with E-state index in [1.54, 1.807) is 0 Å². The first-order chi connectivity index (χ1) is 5.02. The maximum atomic E-state index is 12.5. The Kier molecular flexibility index (Phi) is 1.92. The smallest absolute Gasteiger partial charge is 0.282 e. The third-order valence-corrected chi connectivity index (χ3v) is 1.92. The molecule has 1 N–H and O–H groups in total. The minimum absolute atomic E-state index is 0.750. The Morgan fingerprint density at radius 3 is 2.55 bits per heavy atom. The van der Waals surface area contributed by atoms with Crippen molar-refractivity contribution in [2.45, 2.75) is 4.90 Å². The van der Waals surface area contributed by atoms with E-state index < -0.39 is 20.8 Å². The van der Waals surface area contributed by atoms with E-state index in [-0.39, 0.29) is 0 Å². The molecule has 0 saturated carbocycles. The topological polar surface area (TPSA) is 54.4 Å². The monoisotopic (exact) mass is 175 g/mol. The third kappa shape index (κ3) is 1.75. The van der Waals surface area contributed by atoms with Gasteiger partial charge in [-0.25, -0.2) is 4.39 Å². The van der Waals surface area contributed by atoms with Crippen molar-refractivity contribution in [3.63, 3.8) is 0 Å². The fourth-order valence-electron chi connectivity index (χ4n) is 0.594. The highest BCUT2D eigenvalue weighted by Gasteiger charge is 2.13. The van der Waals surface area contributed by atoms with Crippen LogP contribution in [-0.2, 0) is 10.1 Å². The average Bonchev–Trinajstić information content (AvgIpc) is 1.86. The molecule has 0 saturated heterocycles. The Morgan fingerprint density at radius 2 is 2.18 bits per heavy atom. The van der Waals surface area contributed by atoms with E-state index in [4.69, 9.17) is 4.55 Å². The molecule has 0 aliphatic heterocycles. The van der Waals surface area contributed by atoms with Crippen molar-refractivity contribution < 1.29 is 17.4 Å². The highest BCUT2D eigenvalue weighted by Crippen LogP contribution is 2.11. The van der Waals surface area contributed by atoms with Crippen molar-refractivity contribution in [2.24, 2.45) is 0 Å². The van der Waals surface area contributed by atoms with Gasteiger partial charge in [0.05, 0.1) is 0 Å². The Morgan fingerprint density at radius 1 is 1.55 bits per heavy atom. The molecule has 0 aromatic heterocycles. The summed E-state index contributed by atoms with van der Waals surface area (Å²) in [7, 11) is -4.44. The minimum atomic E-state index is -4.44. The molecule has 5 heteroatoms. The van der Waals surface area contributed by atoms with Gasteiger partial charge in [-0.2, -0.15) is 8.42 Å². The molecular formula is C6H4FO3S. The van der Waals surface area contributed by atoms with Crippen LogP contribution in [0.5, 0.6) is 0 Å². The molecule has 0 bridgehead atoms. The van der Waals surface area contributed by atoms with Crippen molar-refractivity contribution in [1.82, 2.24) is 0 Å². The Bertz CT molecular complexity index is 358. The summed E-state index contributed by atoms with van der Waals surface area (Å²) in [6.07, 6.45) is 0. The van der Waals surface area contributed by atoms with Gasteiger partial charge < -0.3 is 0 Å². The lowest BCUT2D eigenvalue weighted by Crippen LogP contribution is -2.00. The molecular weight excluding hydrogens is 171 g/mol. The van der Waals surface area contributed by atoms with E-state index in [9.17, 15) is 12.8 Å². The van der Waals surface area contributed by atoms with E-state index in [1.807, 2.05) is 0 Å². The molecule has 1 aromatic carbocycles. The molecule has 3 nitrogen and oxygen atoms in total. The van der Waals surface area contributed by atoms with Crippen LogP contribution >= 0.6 is 0 Å². The number of benzene rings is 1. The van der Waals surface area contributed by atoms with Crippen LogP contribution in [0.15, 0.2) is 23.1 Å². The molecule has 1 aromatic rings. The van der Waals surface area contributed by atoms with Crippen LogP contribution in [-0.4, -0.2) is 13.0 Å². The largest absolute Gasteiger partial charge is 0.297 e. The molecule has 1 radical (unpaired) electrons. The van der Waals surface area contributed by atoms with Gasteiger partial charge in [-0.1, -0.05) is 6.07 Å². The molecule has 0 atom stereocenters. The molecule has 0 fully saturated rings. The first kappa shape index (κ1) is 8.16. The molecule has 0 aliphatic carbocycles. The summed E-state index contributed by atoms with van der Waals surface area (Å²) in [6, 6.07) is 5.31. The number of hydrogen-bond donors (Lipinski definition) is 1. The Labute approximate surface area is 63.2 Å². The van der Waals surface area contributed by atoms with Gasteiger partial charge in [0, 0.05) is 0 Å². The second-order valence-corrected chi connectivity index (χ2v) is 3.22. The lowest BCUT2D eigenvalue weighted by molar-refractivity contribution is 0.473. The van der Waals surface area contributed by atoms with Gasteiger partial charge >= 0.3 is 0 Å². The van der Waals surface area contributed by atoms with E-state index in [2.05, 4.69) is 6.07 Å². The zero-order valence-corrected chi connectivity index (χ0v) is 6.10. The molecule has 59 valence electrons. The summed E-state index contributed by atoms with van der Waals surface area (Å²) in [4.78, 5) is -0.750. The zero-order chi connectivity index (χ0) is 8.48. The van der Waals surface area contributed by atoms with E-state index >= 15 is 0 Å². The van der Waals surface area contributed by atoms with E-state index in [1.165, 1.54) is 6.07 Å². The van der Waals surface area contributed by atoms with Crippen LogP contribution < -0.4 is 0 Å². The van der Waals surface area contributed by atoms with Gasteiger partial charge in [0.1, 0.15) is 10.7 Å². The third-order valence-electron chi connectivity index (χ3n) is 1.05. The fourth-order valence-corrected chi connectivity index (χ4v) is 1.13. The van der Waals surface area contributed by atoms with Crippen molar-refractivity contribution >= 4 is 10.1 Å². The van der Waals surface area contributed by atoms with Gasteiger partial charge in [-0.3, -0.25) is 4.55 Å². The summed E-state index contributed by atoms with van der Waals surface area (Å²) in [5.74, 6) is -0.980. The van der Waals surface area contributed by atoms with Crippen LogP contribution in [0, 0.1) is 11.9 Å². The van der Waals surface area contributed by atoms with Gasteiger partial charge in [0.25, 0.3) is 10.1 Å². The molecule has 0 heterocycles. The summed E-state index contributed by atoms with van der Waals surface area (Å²) in [5, 5.41) is 0. The molecule has 0 unspecified atom stereocenters.